The molecule has 3 heterocycles. The Bertz CT molecular complexity index is 1200. The summed E-state index contributed by atoms with van der Waals surface area (Å²) in [5.41, 5.74) is -0.486. The van der Waals surface area contributed by atoms with E-state index in [1.54, 1.807) is 17.1 Å². The zero-order chi connectivity index (χ0) is 31.1. The van der Waals surface area contributed by atoms with Crippen molar-refractivity contribution >= 4 is 39.6 Å². The number of esters is 1. The Morgan fingerprint density at radius 3 is 2.67 bits per heavy atom. The molecule has 0 radical (unpaired) electrons. The zero-order valence-electron chi connectivity index (χ0n) is 24.7. The number of rotatable bonds is 16. The predicted molar refractivity (Wildman–Crippen MR) is 164 cm³/mol. The average Bonchev–Trinajstić information content (AvgIpc) is 3.59. The summed E-state index contributed by atoms with van der Waals surface area (Å²) in [4.78, 5) is 57.3. The number of β-amino-alcohol motifs (C(OH)–C–C–N with tert-alkyl or cyclic N) is 1. The summed E-state index contributed by atoms with van der Waals surface area (Å²) >= 11 is 3.68. The Labute approximate surface area is 261 Å². The molecule has 43 heavy (non-hydrogen) atoms. The van der Waals surface area contributed by atoms with E-state index >= 15 is 0 Å². The van der Waals surface area contributed by atoms with E-state index in [0.717, 1.165) is 18.4 Å². The van der Waals surface area contributed by atoms with Gasteiger partial charge in [-0.25, -0.2) is 0 Å². The van der Waals surface area contributed by atoms with Gasteiger partial charge >= 0.3 is 5.97 Å². The van der Waals surface area contributed by atoms with Gasteiger partial charge in [0.05, 0.1) is 30.6 Å². The van der Waals surface area contributed by atoms with Crippen LogP contribution in [0.4, 0.5) is 0 Å². The Morgan fingerprint density at radius 2 is 2.02 bits per heavy atom. The van der Waals surface area contributed by atoms with E-state index in [0.29, 0.717) is 25.9 Å². The lowest BCUT2D eigenvalue weighted by molar-refractivity contribution is -0.148. The number of ether oxygens (including phenoxy) is 2. The minimum Gasteiger partial charge on any atom is -0.463 e. The summed E-state index contributed by atoms with van der Waals surface area (Å²) in [7, 11) is 0. The fourth-order valence-corrected chi connectivity index (χ4v) is 7.61. The molecule has 0 saturated carbocycles. The molecular formula is C32H42BrN3O7. The lowest BCUT2D eigenvalue weighted by atomic mass is 9.70. The van der Waals surface area contributed by atoms with Crippen LogP contribution in [0.3, 0.4) is 0 Å². The van der Waals surface area contributed by atoms with Crippen LogP contribution in [0.25, 0.3) is 0 Å². The van der Waals surface area contributed by atoms with E-state index in [4.69, 9.17) is 9.47 Å². The first-order chi connectivity index (χ1) is 20.7. The number of carbonyl (C=O) groups is 4. The SMILES string of the molecule is C=CCCC(=O)OC[C@H](NC(=O)[C@@H]1[C@H]2O[C@@]3(CC2Br)[C@H](C(=O)N(CC=C)CCCC)N(CCO)C(=O)[C@@H]13)c1ccccc1. The highest BCUT2D eigenvalue weighted by Crippen LogP contribution is 2.60. The molecule has 1 aromatic carbocycles. The molecule has 3 aliphatic rings. The third-order valence-electron chi connectivity index (χ3n) is 8.59. The molecule has 3 fully saturated rings. The molecule has 4 rings (SSSR count). The van der Waals surface area contributed by atoms with Crippen molar-refractivity contribution in [3.8, 4) is 0 Å². The van der Waals surface area contributed by atoms with E-state index in [2.05, 4.69) is 34.4 Å². The molecule has 3 saturated heterocycles. The van der Waals surface area contributed by atoms with Gasteiger partial charge in [-0.3, -0.25) is 19.2 Å². The molecule has 234 valence electrons. The van der Waals surface area contributed by atoms with Crippen LogP contribution in [-0.2, 0) is 28.7 Å². The van der Waals surface area contributed by atoms with Crippen molar-refractivity contribution in [3.63, 3.8) is 0 Å². The van der Waals surface area contributed by atoms with Crippen molar-refractivity contribution in [1.82, 2.24) is 15.1 Å². The Kier molecular flexibility index (Phi) is 11.2. The van der Waals surface area contributed by atoms with Gasteiger partial charge in [-0.1, -0.05) is 71.8 Å². The van der Waals surface area contributed by atoms with E-state index in [9.17, 15) is 24.3 Å². The first-order valence-corrected chi connectivity index (χ1v) is 15.9. The minimum absolute atomic E-state index is 0.0498. The van der Waals surface area contributed by atoms with Crippen molar-refractivity contribution in [1.29, 1.82) is 0 Å². The number of hydrogen-bond acceptors (Lipinski definition) is 7. The number of hydrogen-bond donors (Lipinski definition) is 2. The zero-order valence-corrected chi connectivity index (χ0v) is 26.2. The van der Waals surface area contributed by atoms with Gasteiger partial charge in [0, 0.05) is 30.9 Å². The topological polar surface area (TPSA) is 125 Å². The number of aliphatic hydroxyl groups excluding tert-OH is 1. The highest BCUT2D eigenvalue weighted by atomic mass is 79.9. The molecule has 2 N–H and O–H groups in total. The van der Waals surface area contributed by atoms with E-state index in [-0.39, 0.29) is 42.8 Å². The molecule has 10 nitrogen and oxygen atoms in total. The van der Waals surface area contributed by atoms with Gasteiger partial charge < -0.3 is 29.7 Å². The number of alkyl halides is 1. The van der Waals surface area contributed by atoms with Crippen LogP contribution in [0.1, 0.15) is 50.6 Å². The van der Waals surface area contributed by atoms with Crippen LogP contribution >= 0.6 is 15.9 Å². The summed E-state index contributed by atoms with van der Waals surface area (Å²) in [6.45, 7) is 9.80. The van der Waals surface area contributed by atoms with Gasteiger partial charge in [0.2, 0.25) is 17.7 Å². The summed E-state index contributed by atoms with van der Waals surface area (Å²) in [5, 5.41) is 12.9. The van der Waals surface area contributed by atoms with Crippen molar-refractivity contribution in [2.75, 3.05) is 32.8 Å². The van der Waals surface area contributed by atoms with Crippen molar-refractivity contribution in [3.05, 3.63) is 61.2 Å². The van der Waals surface area contributed by atoms with Gasteiger partial charge in [0.25, 0.3) is 0 Å². The van der Waals surface area contributed by atoms with Gasteiger partial charge in [-0.2, -0.15) is 0 Å². The maximum atomic E-state index is 14.1. The molecule has 1 unspecified atom stereocenters. The molecule has 3 amide bonds. The Hall–Kier alpha value is -3.02. The molecule has 0 aliphatic carbocycles. The largest absolute Gasteiger partial charge is 0.463 e. The lowest BCUT2D eigenvalue weighted by Crippen LogP contribution is -2.57. The molecule has 11 heteroatoms. The summed E-state index contributed by atoms with van der Waals surface area (Å²) < 4.78 is 12.0. The van der Waals surface area contributed by atoms with Crippen LogP contribution in [0.15, 0.2) is 55.6 Å². The minimum atomic E-state index is -1.23. The number of aliphatic hydroxyl groups is 1. The monoisotopic (exact) mass is 659 g/mol. The summed E-state index contributed by atoms with van der Waals surface area (Å²) in [6.07, 6.45) is 5.34. The van der Waals surface area contributed by atoms with E-state index in [1.165, 1.54) is 4.90 Å². The van der Waals surface area contributed by atoms with Crippen molar-refractivity contribution in [2.24, 2.45) is 11.8 Å². The molecule has 1 spiro atoms. The van der Waals surface area contributed by atoms with Crippen molar-refractivity contribution in [2.45, 2.75) is 67.6 Å². The lowest BCUT2D eigenvalue weighted by Gasteiger charge is -2.37. The quantitative estimate of drug-likeness (QED) is 0.159. The third kappa shape index (κ3) is 6.58. The molecule has 0 aromatic heterocycles. The van der Waals surface area contributed by atoms with Gasteiger partial charge in [0.1, 0.15) is 18.2 Å². The number of likely N-dealkylation sites (tertiary alicyclic amines) is 1. The second kappa shape index (κ2) is 14.6. The van der Waals surface area contributed by atoms with Crippen LogP contribution in [0.5, 0.6) is 0 Å². The van der Waals surface area contributed by atoms with Gasteiger partial charge in [-0.05, 0) is 24.8 Å². The molecular weight excluding hydrogens is 618 g/mol. The number of amides is 3. The second-order valence-corrected chi connectivity index (χ2v) is 12.5. The molecule has 7 atom stereocenters. The van der Waals surface area contributed by atoms with Crippen LogP contribution in [0, 0.1) is 11.8 Å². The number of carbonyl (C=O) groups excluding carboxylic acids is 4. The van der Waals surface area contributed by atoms with Crippen LogP contribution < -0.4 is 5.32 Å². The molecule has 2 bridgehead atoms. The average molecular weight is 661 g/mol. The Balaban J connectivity index is 1.63. The summed E-state index contributed by atoms with van der Waals surface area (Å²) in [5.74, 6) is -3.28. The highest BCUT2D eigenvalue weighted by molar-refractivity contribution is 9.09. The number of fused-ring (bicyclic) bond motifs is 1. The maximum absolute atomic E-state index is 14.1. The normalized spacial score (nSPS) is 27.8. The fraction of sp³-hybridized carbons (Fsp3) is 0.562. The second-order valence-electron chi connectivity index (χ2n) is 11.3. The summed E-state index contributed by atoms with van der Waals surface area (Å²) in [6, 6.07) is 7.53. The van der Waals surface area contributed by atoms with E-state index in [1.807, 2.05) is 37.3 Å². The first kappa shape index (κ1) is 32.9. The number of benzene rings is 1. The number of allylic oxidation sites excluding steroid dienone is 1. The number of halogens is 1. The van der Waals surface area contributed by atoms with Crippen LogP contribution in [-0.4, -0.2) is 94.0 Å². The smallest absolute Gasteiger partial charge is 0.306 e. The fourth-order valence-electron chi connectivity index (χ4n) is 6.67. The van der Waals surface area contributed by atoms with Gasteiger partial charge in [-0.15, -0.1) is 13.2 Å². The van der Waals surface area contributed by atoms with Gasteiger partial charge in [0.15, 0.2) is 0 Å². The number of nitrogens with one attached hydrogen (secondary N) is 1. The maximum Gasteiger partial charge on any atom is 0.306 e. The number of nitrogens with zero attached hydrogens (tertiary/aromatic N) is 2. The van der Waals surface area contributed by atoms with Crippen LogP contribution in [0.2, 0.25) is 0 Å². The number of unbranched alkanes of at least 4 members (excludes halogenated alkanes) is 1. The van der Waals surface area contributed by atoms with Crippen molar-refractivity contribution < 1.29 is 33.8 Å². The third-order valence-corrected chi connectivity index (χ3v) is 9.44. The van der Waals surface area contributed by atoms with E-state index < -0.39 is 47.5 Å². The Morgan fingerprint density at radius 1 is 1.28 bits per heavy atom. The first-order valence-electron chi connectivity index (χ1n) is 15.0. The highest BCUT2D eigenvalue weighted by Gasteiger charge is 2.76. The predicted octanol–water partition coefficient (Wildman–Crippen LogP) is 2.91. The molecule has 1 aromatic rings. The molecule has 3 aliphatic heterocycles. The standard InChI is InChI=1S/C32H42BrN3O7/c1-4-7-14-24(38)42-20-23(21-12-10-9-11-13-21)34-29(39)25-26-30(40)36(17-18-37)28(32(26)19-22(33)27(25)43-32)31(41)35(15-6-3)16-8-5-2/h4,6,9-13,22-23,25-28,37H,1,3,5,7-8,14-20H2,2H3,(H,34,39)/t22?,23-,25-,26+,27-,28-,32+/m0/s1.